The van der Waals surface area contributed by atoms with Gasteiger partial charge in [0.2, 0.25) is 0 Å². The Hall–Kier alpha value is -4.36. The summed E-state index contributed by atoms with van der Waals surface area (Å²) >= 11 is 0. The zero-order chi connectivity index (χ0) is 26.3. The normalized spacial score (nSPS) is 9.89. The maximum Gasteiger partial charge on any atom is 0.300 e. The second-order valence-corrected chi connectivity index (χ2v) is 7.86. The summed E-state index contributed by atoms with van der Waals surface area (Å²) in [7, 11) is 2.00. The van der Waals surface area contributed by atoms with Crippen LogP contribution in [0.15, 0.2) is 97.6 Å². The minimum absolute atomic E-state index is 0.308. The van der Waals surface area contributed by atoms with E-state index in [1.807, 2.05) is 56.1 Å². The first kappa shape index (κ1) is 27.9. The van der Waals surface area contributed by atoms with Gasteiger partial charge in [0.1, 0.15) is 0 Å². The van der Waals surface area contributed by atoms with Crippen molar-refractivity contribution < 1.29 is 19.8 Å². The molecule has 0 saturated heterocycles. The number of hydrogen-bond acceptors (Lipinski definition) is 5. The van der Waals surface area contributed by atoms with Crippen molar-refractivity contribution in [2.45, 2.75) is 19.8 Å². The fourth-order valence-corrected chi connectivity index (χ4v) is 3.54. The molecule has 0 aliphatic carbocycles. The van der Waals surface area contributed by atoms with Gasteiger partial charge in [-0.3, -0.25) is 19.6 Å². The highest BCUT2D eigenvalue weighted by Gasteiger charge is 2.14. The van der Waals surface area contributed by atoms with E-state index in [0.717, 1.165) is 20.4 Å². The molecule has 7 nitrogen and oxygen atoms in total. The topological polar surface area (TPSA) is 112 Å². The van der Waals surface area contributed by atoms with Gasteiger partial charge in [-0.05, 0) is 64.7 Å². The van der Waals surface area contributed by atoms with Crippen LogP contribution in [0, 0.1) is 0 Å². The number of pyridine rings is 2. The average Bonchev–Trinajstić information content (AvgIpc) is 2.88. The third-order valence-corrected chi connectivity index (χ3v) is 5.06. The summed E-state index contributed by atoms with van der Waals surface area (Å²) in [6.07, 6.45) is 7.32. The highest BCUT2D eigenvalue weighted by molar-refractivity contribution is 5.65. The minimum Gasteiger partial charge on any atom is -0.481 e. The summed E-state index contributed by atoms with van der Waals surface area (Å²) in [5.41, 5.74) is 7.42. The van der Waals surface area contributed by atoms with Crippen LogP contribution in [-0.2, 0) is 9.59 Å². The van der Waals surface area contributed by atoms with Crippen LogP contribution in [0.4, 0.5) is 0 Å². The Bertz CT molecular complexity index is 1090. The number of nitrogens with one attached hydrogen (secondary N) is 1. The fraction of sp³-hybridized carbons (Fsp3) is 0.172. The lowest BCUT2D eigenvalue weighted by Gasteiger charge is -2.19. The third-order valence-electron chi connectivity index (χ3n) is 5.06. The number of nitrogens with zero attached hydrogens (tertiary/aromatic N) is 2. The molecule has 0 unspecified atom stereocenters. The highest BCUT2D eigenvalue weighted by atomic mass is 16.4. The molecule has 186 valence electrons. The number of hydrogen-bond donors (Lipinski definition) is 3. The molecule has 0 aliphatic heterocycles. The van der Waals surface area contributed by atoms with Crippen LogP contribution in [0.25, 0.3) is 22.3 Å². The maximum absolute atomic E-state index is 9.00. The molecule has 0 atom stereocenters. The molecule has 0 aliphatic rings. The highest BCUT2D eigenvalue weighted by Crippen LogP contribution is 2.29. The van der Waals surface area contributed by atoms with E-state index < -0.39 is 11.9 Å². The Morgan fingerprint density at radius 1 is 0.639 bits per heavy atom. The zero-order valence-electron chi connectivity index (χ0n) is 20.6. The number of benzene rings is 2. The fourth-order valence-electron chi connectivity index (χ4n) is 3.54. The molecule has 0 spiro atoms. The number of carboxylic acids is 2. The van der Waals surface area contributed by atoms with Crippen molar-refractivity contribution in [3.8, 4) is 22.3 Å². The van der Waals surface area contributed by atoms with Crippen molar-refractivity contribution >= 4 is 11.9 Å². The molecule has 4 aromatic rings. The first-order valence-corrected chi connectivity index (χ1v) is 11.4. The van der Waals surface area contributed by atoms with E-state index in [9.17, 15) is 0 Å². The van der Waals surface area contributed by atoms with E-state index in [-0.39, 0.29) is 0 Å². The van der Waals surface area contributed by atoms with Crippen LogP contribution < -0.4 is 5.32 Å². The van der Waals surface area contributed by atoms with Crippen molar-refractivity contribution in [2.75, 3.05) is 13.6 Å². The SMILES string of the molecule is CC(=O)O.CC(=O)O.CNCC(c1ccc(-c2ccncc2)cc1)c1ccc(-c2ccncc2)cc1. The molecule has 3 N–H and O–H groups in total. The molecule has 0 bridgehead atoms. The number of rotatable bonds is 6. The molecule has 0 fully saturated rings. The molecule has 0 amide bonds. The molecule has 7 heteroatoms. The first-order chi connectivity index (χ1) is 17.3. The van der Waals surface area contributed by atoms with Crippen LogP contribution in [-0.4, -0.2) is 45.7 Å². The van der Waals surface area contributed by atoms with Crippen molar-refractivity contribution in [3.63, 3.8) is 0 Å². The molecule has 2 aromatic heterocycles. The van der Waals surface area contributed by atoms with Gasteiger partial charge in [0.05, 0.1) is 0 Å². The van der Waals surface area contributed by atoms with E-state index in [4.69, 9.17) is 19.8 Å². The summed E-state index contributed by atoms with van der Waals surface area (Å²) < 4.78 is 0. The first-order valence-electron chi connectivity index (χ1n) is 11.4. The smallest absolute Gasteiger partial charge is 0.300 e. The van der Waals surface area contributed by atoms with Gasteiger partial charge in [-0.15, -0.1) is 0 Å². The van der Waals surface area contributed by atoms with E-state index in [1.165, 1.54) is 33.4 Å². The number of likely N-dealkylation sites (N-methyl/N-ethyl adjacent to an activating group) is 1. The van der Waals surface area contributed by atoms with Gasteiger partial charge < -0.3 is 15.5 Å². The Morgan fingerprint density at radius 2 is 0.917 bits per heavy atom. The average molecular weight is 486 g/mol. The summed E-state index contributed by atoms with van der Waals surface area (Å²) in [6, 6.07) is 25.9. The largest absolute Gasteiger partial charge is 0.481 e. The monoisotopic (exact) mass is 485 g/mol. The lowest BCUT2D eigenvalue weighted by Crippen LogP contribution is -2.18. The second kappa shape index (κ2) is 14.8. The standard InChI is InChI=1S/C25H23N3.2C2H4O2/c1-26-18-25(23-6-2-19(3-7-23)21-10-14-27-15-11-21)24-8-4-20(5-9-24)22-12-16-28-17-13-22;2*1-2(3)4/h2-17,25-26H,18H2,1H3;2*1H3,(H,3,4). The number of carboxylic acid groups (broad SMARTS) is 2. The second-order valence-electron chi connectivity index (χ2n) is 7.86. The molecule has 2 aromatic carbocycles. The quantitative estimate of drug-likeness (QED) is 0.338. The van der Waals surface area contributed by atoms with Gasteiger partial charge in [-0.1, -0.05) is 48.5 Å². The van der Waals surface area contributed by atoms with Crippen LogP contribution in [0.1, 0.15) is 30.9 Å². The Kier molecular flexibility index (Phi) is 11.5. The summed E-state index contributed by atoms with van der Waals surface area (Å²) in [5.74, 6) is -1.36. The number of carbonyl (C=O) groups is 2. The van der Waals surface area contributed by atoms with Crippen molar-refractivity contribution in [2.24, 2.45) is 0 Å². The zero-order valence-corrected chi connectivity index (χ0v) is 20.6. The maximum atomic E-state index is 9.00. The lowest BCUT2D eigenvalue weighted by atomic mass is 9.89. The molecule has 0 radical (unpaired) electrons. The van der Waals surface area contributed by atoms with Crippen LogP contribution >= 0.6 is 0 Å². The van der Waals surface area contributed by atoms with E-state index in [1.54, 1.807) is 0 Å². The van der Waals surface area contributed by atoms with Crippen molar-refractivity contribution in [1.29, 1.82) is 0 Å². The van der Waals surface area contributed by atoms with Gasteiger partial charge in [-0.25, -0.2) is 0 Å². The summed E-state index contributed by atoms with van der Waals surface area (Å²) in [4.78, 5) is 26.2. The Morgan fingerprint density at radius 3 is 1.19 bits per heavy atom. The lowest BCUT2D eigenvalue weighted by molar-refractivity contribution is -0.135. The van der Waals surface area contributed by atoms with Crippen LogP contribution in [0.5, 0.6) is 0 Å². The van der Waals surface area contributed by atoms with Gasteiger partial charge in [-0.2, -0.15) is 0 Å². The van der Waals surface area contributed by atoms with E-state index in [0.29, 0.717) is 5.92 Å². The van der Waals surface area contributed by atoms with Crippen molar-refractivity contribution in [3.05, 3.63) is 109 Å². The molecule has 0 saturated carbocycles. The third kappa shape index (κ3) is 9.48. The Labute approximate surface area is 211 Å². The molecule has 2 heterocycles. The number of aromatic nitrogens is 2. The van der Waals surface area contributed by atoms with E-state index in [2.05, 4.69) is 63.8 Å². The van der Waals surface area contributed by atoms with Crippen LogP contribution in [0.2, 0.25) is 0 Å². The van der Waals surface area contributed by atoms with Gasteiger partial charge >= 0.3 is 0 Å². The predicted molar refractivity (Wildman–Crippen MR) is 142 cm³/mol. The minimum atomic E-state index is -0.833. The van der Waals surface area contributed by atoms with E-state index >= 15 is 0 Å². The van der Waals surface area contributed by atoms with Gasteiger partial charge in [0.25, 0.3) is 11.9 Å². The Balaban J connectivity index is 0.000000501. The summed E-state index contributed by atoms with van der Waals surface area (Å²) in [5, 5.41) is 18.2. The van der Waals surface area contributed by atoms with Crippen LogP contribution in [0.3, 0.4) is 0 Å². The molecular formula is C29H31N3O4. The molecular weight excluding hydrogens is 454 g/mol. The van der Waals surface area contributed by atoms with Crippen molar-refractivity contribution in [1.82, 2.24) is 15.3 Å². The van der Waals surface area contributed by atoms with Gasteiger partial charge in [0, 0.05) is 51.1 Å². The summed E-state index contributed by atoms with van der Waals surface area (Å²) in [6.45, 7) is 3.06. The molecule has 4 rings (SSSR count). The predicted octanol–water partition coefficient (Wildman–Crippen LogP) is 5.34. The number of aliphatic carboxylic acids is 2. The molecule has 36 heavy (non-hydrogen) atoms. The van der Waals surface area contributed by atoms with Gasteiger partial charge in [0.15, 0.2) is 0 Å².